The number of carbonyl (C=O) groups is 1. The standard InChI is InChI=1S/C18H21N3O3/c19-14-2-1-3-16(12-14)24-17(18(20)22)13-4-6-15(7-5-13)21-8-10-23-11-9-21/h1-7,12,17H,8-11,19H2,(H2,20,22). The number of hydrogen-bond donors (Lipinski definition) is 2. The van der Waals surface area contributed by atoms with Gasteiger partial charge in [0.05, 0.1) is 13.2 Å². The van der Waals surface area contributed by atoms with Crippen molar-refractivity contribution in [2.45, 2.75) is 6.10 Å². The van der Waals surface area contributed by atoms with Crippen LogP contribution < -0.4 is 21.1 Å². The summed E-state index contributed by atoms with van der Waals surface area (Å²) in [6.07, 6.45) is -0.856. The van der Waals surface area contributed by atoms with Crippen LogP contribution >= 0.6 is 0 Å². The van der Waals surface area contributed by atoms with Crippen molar-refractivity contribution in [2.24, 2.45) is 5.73 Å². The molecule has 1 aliphatic rings. The number of carbonyl (C=O) groups excluding carboxylic acids is 1. The molecule has 0 aromatic heterocycles. The summed E-state index contributed by atoms with van der Waals surface area (Å²) in [4.78, 5) is 14.1. The van der Waals surface area contributed by atoms with Crippen molar-refractivity contribution >= 4 is 17.3 Å². The predicted octanol–water partition coefficient (Wildman–Crippen LogP) is 1.71. The highest BCUT2D eigenvalue weighted by atomic mass is 16.5. The average molecular weight is 327 g/mol. The zero-order valence-corrected chi connectivity index (χ0v) is 13.4. The summed E-state index contributed by atoms with van der Waals surface area (Å²) in [5, 5.41) is 0. The number of ether oxygens (including phenoxy) is 2. The van der Waals surface area contributed by atoms with Crippen LogP contribution in [0.25, 0.3) is 0 Å². The highest BCUT2D eigenvalue weighted by Gasteiger charge is 2.20. The summed E-state index contributed by atoms with van der Waals surface area (Å²) in [7, 11) is 0. The Morgan fingerprint density at radius 3 is 2.46 bits per heavy atom. The maximum atomic E-state index is 11.8. The number of amides is 1. The van der Waals surface area contributed by atoms with E-state index in [9.17, 15) is 4.79 Å². The molecule has 0 saturated carbocycles. The third-order valence-electron chi connectivity index (χ3n) is 3.94. The Bertz CT molecular complexity index is 697. The lowest BCUT2D eigenvalue weighted by Gasteiger charge is -2.29. The highest BCUT2D eigenvalue weighted by Crippen LogP contribution is 2.25. The fraction of sp³-hybridized carbons (Fsp3) is 0.278. The number of nitrogens with two attached hydrogens (primary N) is 2. The normalized spacial score (nSPS) is 15.8. The van der Waals surface area contributed by atoms with Crippen LogP contribution in [0.5, 0.6) is 5.75 Å². The van der Waals surface area contributed by atoms with Gasteiger partial charge in [-0.2, -0.15) is 0 Å². The van der Waals surface area contributed by atoms with Crippen LogP contribution in [0, 0.1) is 0 Å². The van der Waals surface area contributed by atoms with Crippen LogP contribution in [-0.2, 0) is 9.53 Å². The summed E-state index contributed by atoms with van der Waals surface area (Å²) >= 11 is 0. The first kappa shape index (κ1) is 16.1. The third-order valence-corrected chi connectivity index (χ3v) is 3.94. The van der Waals surface area contributed by atoms with Crippen molar-refractivity contribution in [1.29, 1.82) is 0 Å². The van der Waals surface area contributed by atoms with E-state index in [0.717, 1.165) is 32.0 Å². The summed E-state index contributed by atoms with van der Waals surface area (Å²) in [6, 6.07) is 14.6. The summed E-state index contributed by atoms with van der Waals surface area (Å²) < 4.78 is 11.1. The summed E-state index contributed by atoms with van der Waals surface area (Å²) in [5.41, 5.74) is 13.6. The number of primary amides is 1. The number of nitrogens with zero attached hydrogens (tertiary/aromatic N) is 1. The highest BCUT2D eigenvalue weighted by molar-refractivity contribution is 5.81. The number of anilines is 2. The number of nitrogen functional groups attached to an aromatic ring is 1. The van der Waals surface area contributed by atoms with Gasteiger partial charge in [-0.3, -0.25) is 4.79 Å². The zero-order valence-electron chi connectivity index (χ0n) is 13.4. The Hall–Kier alpha value is -2.73. The first-order valence-corrected chi connectivity index (χ1v) is 7.87. The molecule has 1 saturated heterocycles. The Morgan fingerprint density at radius 1 is 1.12 bits per heavy atom. The molecule has 1 amide bonds. The molecule has 0 radical (unpaired) electrons. The SMILES string of the molecule is NC(=O)C(Oc1cccc(N)c1)c1ccc(N2CCOCC2)cc1. The van der Waals surface area contributed by atoms with Gasteiger partial charge in [0.25, 0.3) is 5.91 Å². The molecule has 3 rings (SSSR count). The van der Waals surface area contributed by atoms with Crippen molar-refractivity contribution < 1.29 is 14.3 Å². The zero-order chi connectivity index (χ0) is 16.9. The van der Waals surface area contributed by atoms with Crippen molar-refractivity contribution in [2.75, 3.05) is 36.9 Å². The van der Waals surface area contributed by atoms with Gasteiger partial charge in [-0.05, 0) is 24.3 Å². The lowest BCUT2D eigenvalue weighted by Crippen LogP contribution is -2.36. The molecule has 0 bridgehead atoms. The molecular formula is C18H21N3O3. The van der Waals surface area contributed by atoms with Crippen molar-refractivity contribution in [3.63, 3.8) is 0 Å². The van der Waals surface area contributed by atoms with Gasteiger partial charge in [-0.15, -0.1) is 0 Å². The fourth-order valence-electron chi connectivity index (χ4n) is 2.70. The van der Waals surface area contributed by atoms with Crippen LogP contribution in [-0.4, -0.2) is 32.2 Å². The Morgan fingerprint density at radius 2 is 1.83 bits per heavy atom. The number of hydrogen-bond acceptors (Lipinski definition) is 5. The van der Waals surface area contributed by atoms with E-state index in [4.69, 9.17) is 20.9 Å². The van der Waals surface area contributed by atoms with Crippen LogP contribution in [0.1, 0.15) is 11.7 Å². The quantitative estimate of drug-likeness (QED) is 0.816. The largest absolute Gasteiger partial charge is 0.476 e. The van der Waals surface area contributed by atoms with E-state index < -0.39 is 12.0 Å². The van der Waals surface area contributed by atoms with E-state index in [-0.39, 0.29) is 0 Å². The van der Waals surface area contributed by atoms with E-state index in [2.05, 4.69) is 4.90 Å². The van der Waals surface area contributed by atoms with E-state index in [1.807, 2.05) is 24.3 Å². The molecule has 0 spiro atoms. The van der Waals surface area contributed by atoms with Gasteiger partial charge in [0.15, 0.2) is 0 Å². The first-order valence-electron chi connectivity index (χ1n) is 7.87. The Labute approximate surface area is 141 Å². The number of benzene rings is 2. The molecule has 24 heavy (non-hydrogen) atoms. The van der Waals surface area contributed by atoms with Gasteiger partial charge in [0.1, 0.15) is 5.75 Å². The molecular weight excluding hydrogens is 306 g/mol. The topological polar surface area (TPSA) is 90.8 Å². The molecule has 1 atom stereocenters. The summed E-state index contributed by atoms with van der Waals surface area (Å²) in [5.74, 6) is -0.0346. The van der Waals surface area contributed by atoms with Gasteiger partial charge in [-0.25, -0.2) is 0 Å². The molecule has 1 heterocycles. The van der Waals surface area contributed by atoms with E-state index >= 15 is 0 Å². The number of morpholine rings is 1. The van der Waals surface area contributed by atoms with Crippen molar-refractivity contribution in [3.05, 3.63) is 54.1 Å². The Kier molecular flexibility index (Phi) is 4.86. The van der Waals surface area contributed by atoms with E-state index in [0.29, 0.717) is 17.0 Å². The molecule has 6 heteroatoms. The van der Waals surface area contributed by atoms with Crippen LogP contribution in [0.2, 0.25) is 0 Å². The second-order valence-corrected chi connectivity index (χ2v) is 5.66. The van der Waals surface area contributed by atoms with Gasteiger partial charge in [0, 0.05) is 36.1 Å². The minimum Gasteiger partial charge on any atom is -0.476 e. The minimum absolute atomic E-state index is 0.510. The molecule has 126 valence electrons. The number of rotatable bonds is 5. The van der Waals surface area contributed by atoms with Crippen molar-refractivity contribution in [3.8, 4) is 5.75 Å². The fourth-order valence-corrected chi connectivity index (χ4v) is 2.70. The van der Waals surface area contributed by atoms with E-state index in [1.54, 1.807) is 24.3 Å². The monoisotopic (exact) mass is 327 g/mol. The second kappa shape index (κ2) is 7.23. The Balaban J connectivity index is 1.77. The average Bonchev–Trinajstić information content (AvgIpc) is 2.60. The van der Waals surface area contributed by atoms with E-state index in [1.165, 1.54) is 0 Å². The maximum Gasteiger partial charge on any atom is 0.263 e. The first-order chi connectivity index (χ1) is 11.6. The predicted molar refractivity (Wildman–Crippen MR) is 92.9 cm³/mol. The lowest BCUT2D eigenvalue weighted by atomic mass is 10.1. The molecule has 2 aromatic carbocycles. The van der Waals surface area contributed by atoms with Gasteiger partial charge < -0.3 is 25.8 Å². The van der Waals surface area contributed by atoms with Crippen molar-refractivity contribution in [1.82, 2.24) is 0 Å². The smallest absolute Gasteiger partial charge is 0.263 e. The summed E-state index contributed by atoms with van der Waals surface area (Å²) in [6.45, 7) is 3.17. The second-order valence-electron chi connectivity index (χ2n) is 5.66. The molecule has 1 fully saturated rings. The maximum absolute atomic E-state index is 11.8. The van der Waals surface area contributed by atoms with Gasteiger partial charge in [0.2, 0.25) is 6.10 Å². The molecule has 2 aromatic rings. The molecule has 0 aliphatic carbocycles. The lowest BCUT2D eigenvalue weighted by molar-refractivity contribution is -0.125. The van der Waals surface area contributed by atoms with Crippen LogP contribution in [0.15, 0.2) is 48.5 Å². The third kappa shape index (κ3) is 3.78. The molecule has 1 aliphatic heterocycles. The van der Waals surface area contributed by atoms with Crippen LogP contribution in [0.4, 0.5) is 11.4 Å². The molecule has 4 N–H and O–H groups in total. The molecule has 6 nitrogen and oxygen atoms in total. The van der Waals surface area contributed by atoms with Gasteiger partial charge in [-0.1, -0.05) is 18.2 Å². The van der Waals surface area contributed by atoms with Gasteiger partial charge >= 0.3 is 0 Å². The minimum atomic E-state index is -0.856. The van der Waals surface area contributed by atoms with Crippen LogP contribution in [0.3, 0.4) is 0 Å². The molecule has 1 unspecified atom stereocenters.